The molecule has 1 aromatic carbocycles. The van der Waals surface area contributed by atoms with Gasteiger partial charge in [0.2, 0.25) is 0 Å². The minimum Gasteiger partial charge on any atom is -0.351 e. The Morgan fingerprint density at radius 2 is 1.93 bits per heavy atom. The van der Waals surface area contributed by atoms with Crippen LogP contribution in [0.25, 0.3) is 0 Å². The van der Waals surface area contributed by atoms with E-state index in [0.29, 0.717) is 12.1 Å². The van der Waals surface area contributed by atoms with E-state index in [9.17, 15) is 4.79 Å². The largest absolute Gasteiger partial charge is 0.351 e. The highest BCUT2D eigenvalue weighted by Gasteiger charge is 2.02. The highest BCUT2D eigenvalue weighted by molar-refractivity contribution is 14.1. The number of hydrogen-bond donors (Lipinski definition) is 2. The fourth-order valence-electron chi connectivity index (χ4n) is 1.14. The van der Waals surface area contributed by atoms with Crippen molar-refractivity contribution in [3.8, 4) is 0 Å². The molecule has 0 aliphatic rings. The molecule has 0 radical (unpaired) electrons. The SMILES string of the molecule is CCNCCNC(=O)c1ccc(I)cc1. The van der Waals surface area contributed by atoms with Gasteiger partial charge in [-0.2, -0.15) is 0 Å². The molecule has 1 aromatic rings. The fraction of sp³-hybridized carbons (Fsp3) is 0.364. The zero-order valence-corrected chi connectivity index (χ0v) is 10.9. The summed E-state index contributed by atoms with van der Waals surface area (Å²) in [6, 6.07) is 7.54. The maximum Gasteiger partial charge on any atom is 0.251 e. The van der Waals surface area contributed by atoms with Crippen molar-refractivity contribution in [2.75, 3.05) is 19.6 Å². The van der Waals surface area contributed by atoms with Crippen LogP contribution in [-0.2, 0) is 0 Å². The first kappa shape index (κ1) is 12.4. The number of rotatable bonds is 5. The van der Waals surface area contributed by atoms with Gasteiger partial charge in [0, 0.05) is 22.2 Å². The normalized spacial score (nSPS) is 10.0. The molecule has 0 aliphatic carbocycles. The molecule has 3 nitrogen and oxygen atoms in total. The van der Waals surface area contributed by atoms with E-state index in [1.807, 2.05) is 31.2 Å². The van der Waals surface area contributed by atoms with Gasteiger partial charge in [-0.25, -0.2) is 0 Å². The lowest BCUT2D eigenvalue weighted by molar-refractivity contribution is 0.0954. The van der Waals surface area contributed by atoms with Gasteiger partial charge in [0.1, 0.15) is 0 Å². The molecule has 0 atom stereocenters. The molecule has 0 spiro atoms. The third kappa shape index (κ3) is 4.61. The predicted octanol–water partition coefficient (Wildman–Crippen LogP) is 1.63. The minimum atomic E-state index is -0.00990. The van der Waals surface area contributed by atoms with E-state index in [4.69, 9.17) is 0 Å². The van der Waals surface area contributed by atoms with E-state index in [1.165, 1.54) is 0 Å². The summed E-state index contributed by atoms with van der Waals surface area (Å²) in [5.41, 5.74) is 0.715. The van der Waals surface area contributed by atoms with Gasteiger partial charge in [-0.15, -0.1) is 0 Å². The molecule has 4 heteroatoms. The third-order valence-electron chi connectivity index (χ3n) is 1.94. The average molecular weight is 318 g/mol. The first-order chi connectivity index (χ1) is 7.24. The van der Waals surface area contributed by atoms with Crippen molar-refractivity contribution in [3.63, 3.8) is 0 Å². The third-order valence-corrected chi connectivity index (χ3v) is 2.66. The topological polar surface area (TPSA) is 41.1 Å². The number of hydrogen-bond acceptors (Lipinski definition) is 2. The number of likely N-dealkylation sites (N-methyl/N-ethyl adjacent to an activating group) is 1. The van der Waals surface area contributed by atoms with Crippen LogP contribution in [0.4, 0.5) is 0 Å². The molecule has 1 amide bonds. The van der Waals surface area contributed by atoms with Gasteiger partial charge in [0.15, 0.2) is 0 Å². The van der Waals surface area contributed by atoms with Gasteiger partial charge in [0.25, 0.3) is 5.91 Å². The Bertz CT molecular complexity index is 311. The molecule has 0 heterocycles. The molecule has 2 N–H and O–H groups in total. The second-order valence-electron chi connectivity index (χ2n) is 3.12. The Kier molecular flexibility index (Phi) is 5.63. The van der Waals surface area contributed by atoms with Crippen molar-refractivity contribution in [1.29, 1.82) is 0 Å². The summed E-state index contributed by atoms with van der Waals surface area (Å²) < 4.78 is 1.14. The van der Waals surface area contributed by atoms with Crippen molar-refractivity contribution in [1.82, 2.24) is 10.6 Å². The molecule has 0 aliphatic heterocycles. The van der Waals surface area contributed by atoms with Crippen molar-refractivity contribution in [2.24, 2.45) is 0 Å². The van der Waals surface area contributed by atoms with E-state index in [-0.39, 0.29) is 5.91 Å². The molecule has 0 aromatic heterocycles. The van der Waals surface area contributed by atoms with Crippen molar-refractivity contribution in [2.45, 2.75) is 6.92 Å². The Balaban J connectivity index is 2.37. The van der Waals surface area contributed by atoms with E-state index in [0.717, 1.165) is 16.7 Å². The van der Waals surface area contributed by atoms with E-state index >= 15 is 0 Å². The van der Waals surface area contributed by atoms with E-state index in [1.54, 1.807) is 0 Å². The standard InChI is InChI=1S/C11H15IN2O/c1-2-13-7-8-14-11(15)9-3-5-10(12)6-4-9/h3-6,13H,2,7-8H2,1H3,(H,14,15). The van der Waals surface area contributed by atoms with Crippen LogP contribution >= 0.6 is 22.6 Å². The van der Waals surface area contributed by atoms with Crippen molar-refractivity contribution < 1.29 is 4.79 Å². The summed E-state index contributed by atoms with van der Waals surface area (Å²) in [6.45, 7) is 4.45. The average Bonchev–Trinajstić information content (AvgIpc) is 2.25. The summed E-state index contributed by atoms with van der Waals surface area (Å²) in [4.78, 5) is 11.6. The summed E-state index contributed by atoms with van der Waals surface area (Å²) in [5, 5.41) is 6.00. The molecule has 0 unspecified atom stereocenters. The van der Waals surface area contributed by atoms with Crippen LogP contribution in [0, 0.1) is 3.57 Å². The fourth-order valence-corrected chi connectivity index (χ4v) is 1.50. The van der Waals surface area contributed by atoms with Gasteiger partial charge < -0.3 is 10.6 Å². The molecular formula is C11H15IN2O. The number of benzene rings is 1. The van der Waals surface area contributed by atoms with Crippen LogP contribution in [0.15, 0.2) is 24.3 Å². The zero-order valence-electron chi connectivity index (χ0n) is 8.72. The number of carbonyl (C=O) groups excluding carboxylic acids is 1. The van der Waals surface area contributed by atoms with E-state index < -0.39 is 0 Å². The van der Waals surface area contributed by atoms with Crippen LogP contribution in [-0.4, -0.2) is 25.5 Å². The number of carbonyl (C=O) groups is 1. The van der Waals surface area contributed by atoms with Crippen LogP contribution in [0.1, 0.15) is 17.3 Å². The lowest BCUT2D eigenvalue weighted by atomic mass is 10.2. The zero-order chi connectivity index (χ0) is 11.1. The smallest absolute Gasteiger partial charge is 0.251 e. The Labute approximate surface area is 104 Å². The quantitative estimate of drug-likeness (QED) is 0.640. The molecule has 0 fully saturated rings. The summed E-state index contributed by atoms with van der Waals surface area (Å²) >= 11 is 2.22. The second kappa shape index (κ2) is 6.79. The van der Waals surface area contributed by atoms with Crippen LogP contribution in [0.2, 0.25) is 0 Å². The summed E-state index contributed by atoms with van der Waals surface area (Å²) in [6.07, 6.45) is 0. The van der Waals surface area contributed by atoms with Gasteiger partial charge in [-0.3, -0.25) is 4.79 Å². The maximum atomic E-state index is 11.6. The summed E-state index contributed by atoms with van der Waals surface area (Å²) in [7, 11) is 0. The van der Waals surface area contributed by atoms with Crippen molar-refractivity contribution >= 4 is 28.5 Å². The minimum absolute atomic E-state index is 0.00990. The Hall–Kier alpha value is -0.620. The second-order valence-corrected chi connectivity index (χ2v) is 4.36. The van der Waals surface area contributed by atoms with Crippen LogP contribution in [0.3, 0.4) is 0 Å². The molecule has 1 rings (SSSR count). The monoisotopic (exact) mass is 318 g/mol. The molecule has 0 bridgehead atoms. The first-order valence-electron chi connectivity index (χ1n) is 4.98. The molecule has 0 saturated carbocycles. The highest BCUT2D eigenvalue weighted by Crippen LogP contribution is 2.06. The highest BCUT2D eigenvalue weighted by atomic mass is 127. The lowest BCUT2D eigenvalue weighted by Gasteiger charge is -2.05. The number of amides is 1. The Morgan fingerprint density at radius 1 is 1.27 bits per heavy atom. The molecular weight excluding hydrogens is 303 g/mol. The maximum absolute atomic E-state index is 11.6. The van der Waals surface area contributed by atoms with Crippen LogP contribution in [0.5, 0.6) is 0 Å². The van der Waals surface area contributed by atoms with Gasteiger partial charge in [-0.05, 0) is 53.4 Å². The van der Waals surface area contributed by atoms with Crippen LogP contribution < -0.4 is 10.6 Å². The predicted molar refractivity (Wildman–Crippen MR) is 70.0 cm³/mol. The molecule has 82 valence electrons. The van der Waals surface area contributed by atoms with Gasteiger partial charge >= 0.3 is 0 Å². The van der Waals surface area contributed by atoms with Gasteiger partial charge in [0.05, 0.1) is 0 Å². The summed E-state index contributed by atoms with van der Waals surface area (Å²) in [5.74, 6) is -0.00990. The first-order valence-corrected chi connectivity index (χ1v) is 6.06. The Morgan fingerprint density at radius 3 is 2.53 bits per heavy atom. The lowest BCUT2D eigenvalue weighted by Crippen LogP contribution is -2.31. The number of halogens is 1. The molecule has 0 saturated heterocycles. The van der Waals surface area contributed by atoms with Gasteiger partial charge in [-0.1, -0.05) is 6.92 Å². The number of nitrogens with one attached hydrogen (secondary N) is 2. The molecule has 15 heavy (non-hydrogen) atoms. The van der Waals surface area contributed by atoms with E-state index in [2.05, 4.69) is 33.2 Å². The van der Waals surface area contributed by atoms with Crippen molar-refractivity contribution in [3.05, 3.63) is 33.4 Å².